The largest absolute Gasteiger partial charge is 0.454 e. The van der Waals surface area contributed by atoms with Gasteiger partial charge in [0.2, 0.25) is 6.79 Å². The molecule has 4 aromatic rings. The van der Waals surface area contributed by atoms with E-state index < -0.39 is 0 Å². The van der Waals surface area contributed by atoms with E-state index in [9.17, 15) is 9.18 Å². The molecule has 150 valence electrons. The summed E-state index contributed by atoms with van der Waals surface area (Å²) in [5.41, 5.74) is 0.946. The molecule has 7 heteroatoms. The van der Waals surface area contributed by atoms with Crippen LogP contribution in [0.4, 0.5) is 4.39 Å². The molecule has 1 aliphatic heterocycles. The van der Waals surface area contributed by atoms with Crippen LogP contribution in [-0.2, 0) is 6.54 Å². The lowest BCUT2D eigenvalue weighted by molar-refractivity contribution is 0.0955. The molecule has 1 aliphatic rings. The Bertz CT molecular complexity index is 1240. The van der Waals surface area contributed by atoms with Gasteiger partial charge < -0.3 is 14.8 Å². The minimum absolute atomic E-state index is 0.119. The van der Waals surface area contributed by atoms with Gasteiger partial charge in [-0.25, -0.2) is 4.39 Å². The summed E-state index contributed by atoms with van der Waals surface area (Å²) < 4.78 is 24.9. The third-order valence-corrected chi connectivity index (χ3v) is 6.86. The Balaban J connectivity index is 1.33. The van der Waals surface area contributed by atoms with Crippen molar-refractivity contribution < 1.29 is 18.7 Å². The zero-order chi connectivity index (χ0) is 20.5. The van der Waals surface area contributed by atoms with E-state index in [0.29, 0.717) is 17.2 Å². The number of rotatable bonds is 5. The van der Waals surface area contributed by atoms with Gasteiger partial charge in [0, 0.05) is 26.4 Å². The topological polar surface area (TPSA) is 47.6 Å². The van der Waals surface area contributed by atoms with Gasteiger partial charge in [0.25, 0.3) is 5.91 Å². The average molecular weight is 438 g/mol. The molecule has 0 saturated heterocycles. The highest BCUT2D eigenvalue weighted by molar-refractivity contribution is 7.99. The van der Waals surface area contributed by atoms with Gasteiger partial charge in [-0.05, 0) is 60.2 Å². The molecule has 4 nitrogen and oxygen atoms in total. The van der Waals surface area contributed by atoms with Gasteiger partial charge in [0.15, 0.2) is 11.5 Å². The van der Waals surface area contributed by atoms with Crippen LogP contribution in [0.25, 0.3) is 10.1 Å². The molecule has 1 N–H and O–H groups in total. The van der Waals surface area contributed by atoms with E-state index in [0.717, 1.165) is 31.2 Å². The van der Waals surface area contributed by atoms with Gasteiger partial charge in [0.1, 0.15) is 5.82 Å². The molecule has 0 spiro atoms. The number of hydrogen-bond donors (Lipinski definition) is 1. The second-order valence-electron chi connectivity index (χ2n) is 6.70. The number of hydrogen-bond acceptors (Lipinski definition) is 5. The molecular formula is C23H16FNO3S2. The minimum Gasteiger partial charge on any atom is -0.454 e. The number of carbonyl (C=O) groups is 1. The molecule has 0 radical (unpaired) electrons. The first-order chi connectivity index (χ1) is 14.7. The number of ether oxygens (including phenoxy) is 2. The van der Waals surface area contributed by atoms with Crippen LogP contribution in [0.3, 0.4) is 0 Å². The van der Waals surface area contributed by atoms with Crippen molar-refractivity contribution in [1.82, 2.24) is 5.32 Å². The SMILES string of the molecule is O=C(NCc1ccc2c(c1)OCO2)c1cc2c(Sc3ccc(F)cc3)cccc2s1. The van der Waals surface area contributed by atoms with Gasteiger partial charge in [-0.1, -0.05) is 23.9 Å². The Morgan fingerprint density at radius 1 is 1.03 bits per heavy atom. The molecule has 0 unspecified atom stereocenters. The number of nitrogens with one attached hydrogen (secondary N) is 1. The summed E-state index contributed by atoms with van der Waals surface area (Å²) in [4.78, 5) is 15.4. The Labute approximate surface area is 180 Å². The summed E-state index contributed by atoms with van der Waals surface area (Å²) in [6, 6.07) is 20.0. The summed E-state index contributed by atoms with van der Waals surface area (Å²) >= 11 is 3.01. The lowest BCUT2D eigenvalue weighted by Crippen LogP contribution is -2.21. The first kappa shape index (κ1) is 19.0. The third kappa shape index (κ3) is 3.86. The molecule has 1 amide bonds. The molecule has 5 rings (SSSR count). The quantitative estimate of drug-likeness (QED) is 0.425. The molecular weight excluding hydrogens is 421 g/mol. The van der Waals surface area contributed by atoms with Crippen LogP contribution in [0, 0.1) is 5.82 Å². The maximum absolute atomic E-state index is 13.2. The Morgan fingerprint density at radius 2 is 1.87 bits per heavy atom. The molecule has 2 heterocycles. The maximum Gasteiger partial charge on any atom is 0.261 e. The van der Waals surface area contributed by atoms with E-state index in [2.05, 4.69) is 5.32 Å². The molecule has 0 saturated carbocycles. The van der Waals surface area contributed by atoms with Crippen molar-refractivity contribution >= 4 is 39.1 Å². The summed E-state index contributed by atoms with van der Waals surface area (Å²) in [5.74, 6) is 1.05. The zero-order valence-corrected chi connectivity index (χ0v) is 17.3. The van der Waals surface area contributed by atoms with Crippen LogP contribution in [0.15, 0.2) is 76.5 Å². The molecule has 0 atom stereocenters. The van der Waals surface area contributed by atoms with E-state index in [4.69, 9.17) is 9.47 Å². The van der Waals surface area contributed by atoms with Crippen LogP contribution < -0.4 is 14.8 Å². The highest BCUT2D eigenvalue weighted by Crippen LogP contribution is 2.37. The lowest BCUT2D eigenvalue weighted by Gasteiger charge is -2.05. The lowest BCUT2D eigenvalue weighted by atomic mass is 10.2. The predicted octanol–water partition coefficient (Wildman–Crippen LogP) is 5.85. The first-order valence-electron chi connectivity index (χ1n) is 9.28. The smallest absolute Gasteiger partial charge is 0.261 e. The van der Waals surface area contributed by atoms with Crippen LogP contribution in [0.5, 0.6) is 11.5 Å². The van der Waals surface area contributed by atoms with E-state index >= 15 is 0 Å². The standard InChI is InChI=1S/C23H16FNO3S2/c24-15-5-7-16(8-6-15)29-20-2-1-3-21-17(20)11-22(30-21)23(26)25-12-14-4-9-18-19(10-14)28-13-27-18/h1-11H,12-13H2,(H,25,26). The van der Waals surface area contributed by atoms with E-state index in [-0.39, 0.29) is 18.5 Å². The van der Waals surface area contributed by atoms with E-state index in [1.54, 1.807) is 23.9 Å². The highest BCUT2D eigenvalue weighted by Gasteiger charge is 2.15. The summed E-state index contributed by atoms with van der Waals surface area (Å²) in [5, 5.41) is 3.99. The Kier molecular flexibility index (Phi) is 5.06. The molecule has 30 heavy (non-hydrogen) atoms. The van der Waals surface area contributed by atoms with Crippen molar-refractivity contribution in [2.75, 3.05) is 6.79 Å². The van der Waals surface area contributed by atoms with Gasteiger partial charge in [-0.15, -0.1) is 11.3 Å². The number of benzene rings is 3. The molecule has 0 fully saturated rings. The van der Waals surface area contributed by atoms with Gasteiger partial charge in [-0.2, -0.15) is 0 Å². The maximum atomic E-state index is 13.2. The fraction of sp³-hybridized carbons (Fsp3) is 0.0870. The Hall–Kier alpha value is -3.03. The summed E-state index contributed by atoms with van der Waals surface area (Å²) in [6.45, 7) is 0.631. The minimum atomic E-state index is -0.255. The number of halogens is 1. The molecule has 0 bridgehead atoms. The van der Waals surface area contributed by atoms with Gasteiger partial charge >= 0.3 is 0 Å². The number of fused-ring (bicyclic) bond motifs is 2. The second-order valence-corrected chi connectivity index (χ2v) is 8.90. The average Bonchev–Trinajstić information content (AvgIpc) is 3.40. The number of amides is 1. The fourth-order valence-corrected chi connectivity index (χ4v) is 5.21. The number of thiophene rings is 1. The molecule has 0 aliphatic carbocycles. The molecule has 1 aromatic heterocycles. The monoisotopic (exact) mass is 437 g/mol. The van der Waals surface area contributed by atoms with Crippen molar-refractivity contribution in [3.63, 3.8) is 0 Å². The van der Waals surface area contributed by atoms with E-state index in [1.165, 1.54) is 23.5 Å². The van der Waals surface area contributed by atoms with Gasteiger partial charge in [-0.3, -0.25) is 4.79 Å². The predicted molar refractivity (Wildman–Crippen MR) is 116 cm³/mol. The van der Waals surface area contributed by atoms with Crippen LogP contribution in [-0.4, -0.2) is 12.7 Å². The van der Waals surface area contributed by atoms with Crippen molar-refractivity contribution in [3.8, 4) is 11.5 Å². The normalized spacial score (nSPS) is 12.3. The van der Waals surface area contributed by atoms with Crippen molar-refractivity contribution in [3.05, 3.63) is 83.0 Å². The fourth-order valence-electron chi connectivity index (χ4n) is 3.19. The van der Waals surface area contributed by atoms with Crippen molar-refractivity contribution in [2.24, 2.45) is 0 Å². The van der Waals surface area contributed by atoms with Crippen LogP contribution in [0.1, 0.15) is 15.2 Å². The second kappa shape index (κ2) is 8.01. The van der Waals surface area contributed by atoms with Crippen LogP contribution in [0.2, 0.25) is 0 Å². The van der Waals surface area contributed by atoms with Crippen molar-refractivity contribution in [1.29, 1.82) is 0 Å². The van der Waals surface area contributed by atoms with E-state index in [1.807, 2.05) is 42.5 Å². The number of carbonyl (C=O) groups excluding carboxylic acids is 1. The third-order valence-electron chi connectivity index (χ3n) is 4.68. The first-order valence-corrected chi connectivity index (χ1v) is 10.9. The zero-order valence-electron chi connectivity index (χ0n) is 15.7. The van der Waals surface area contributed by atoms with Gasteiger partial charge in [0.05, 0.1) is 4.88 Å². The van der Waals surface area contributed by atoms with Crippen LogP contribution >= 0.6 is 23.1 Å². The van der Waals surface area contributed by atoms with Crippen molar-refractivity contribution in [2.45, 2.75) is 16.3 Å². The molecule has 3 aromatic carbocycles. The Morgan fingerprint density at radius 3 is 2.73 bits per heavy atom. The summed E-state index contributed by atoms with van der Waals surface area (Å²) in [6.07, 6.45) is 0. The summed E-state index contributed by atoms with van der Waals surface area (Å²) in [7, 11) is 0. The highest BCUT2D eigenvalue weighted by atomic mass is 32.2.